The molecule has 0 bridgehead atoms. The van der Waals surface area contributed by atoms with E-state index in [0.29, 0.717) is 47.6 Å². The number of halogens is 2. The average molecular weight is 399 g/mol. The van der Waals surface area contributed by atoms with Crippen LogP contribution < -0.4 is 0 Å². The summed E-state index contributed by atoms with van der Waals surface area (Å²) in [5, 5.41) is 1.01. The van der Waals surface area contributed by atoms with Gasteiger partial charge in [-0.15, -0.1) is 0 Å². The predicted molar refractivity (Wildman–Crippen MR) is 99.7 cm³/mol. The molecular weight excluding hydrogens is 383 g/mol. The first-order valence-corrected chi connectivity index (χ1v) is 9.84. The van der Waals surface area contributed by atoms with Crippen molar-refractivity contribution in [1.82, 2.24) is 4.31 Å². The van der Waals surface area contributed by atoms with E-state index in [1.54, 1.807) is 48.7 Å². The number of rotatable bonds is 4. The number of aliphatic imine (C=N–C) groups is 1. The summed E-state index contributed by atoms with van der Waals surface area (Å²) < 4.78 is 31.8. The van der Waals surface area contributed by atoms with Crippen LogP contribution in [0.25, 0.3) is 0 Å². The first kappa shape index (κ1) is 18.4. The summed E-state index contributed by atoms with van der Waals surface area (Å²) in [5.41, 5.74) is 1.23. The summed E-state index contributed by atoms with van der Waals surface area (Å²) >= 11 is 12.2. The molecule has 0 saturated carbocycles. The Morgan fingerprint density at radius 2 is 1.60 bits per heavy atom. The largest absolute Gasteiger partial charge is 0.379 e. The van der Waals surface area contributed by atoms with E-state index in [4.69, 9.17) is 27.9 Å². The molecule has 5 nitrogen and oxygen atoms in total. The molecule has 2 aromatic rings. The quantitative estimate of drug-likeness (QED) is 0.736. The zero-order valence-electron chi connectivity index (χ0n) is 13.2. The van der Waals surface area contributed by atoms with E-state index in [0.717, 1.165) is 0 Å². The lowest BCUT2D eigenvalue weighted by Crippen LogP contribution is -2.40. The second-order valence-corrected chi connectivity index (χ2v) is 8.16. The Morgan fingerprint density at radius 1 is 1.00 bits per heavy atom. The van der Waals surface area contributed by atoms with Crippen molar-refractivity contribution in [2.24, 2.45) is 4.99 Å². The summed E-state index contributed by atoms with van der Waals surface area (Å²) in [6, 6.07) is 11.6. The number of hydrogen-bond acceptors (Lipinski definition) is 4. The molecule has 0 radical (unpaired) electrons. The van der Waals surface area contributed by atoms with Crippen LogP contribution in [0.15, 0.2) is 52.4 Å². The number of nitrogens with zero attached hydrogens (tertiary/aromatic N) is 2. The fourth-order valence-electron chi connectivity index (χ4n) is 2.41. The van der Waals surface area contributed by atoms with Crippen LogP contribution in [0.5, 0.6) is 0 Å². The molecule has 1 fully saturated rings. The van der Waals surface area contributed by atoms with Crippen molar-refractivity contribution in [3.63, 3.8) is 0 Å². The van der Waals surface area contributed by atoms with Gasteiger partial charge in [-0.25, -0.2) is 8.42 Å². The summed E-state index contributed by atoms with van der Waals surface area (Å²) in [4.78, 5) is 4.55. The Bertz CT molecular complexity index is 857. The third kappa shape index (κ3) is 4.22. The average Bonchev–Trinajstić information content (AvgIpc) is 2.62. The maximum absolute atomic E-state index is 12.6. The van der Waals surface area contributed by atoms with Gasteiger partial charge in [0.05, 0.1) is 33.8 Å². The van der Waals surface area contributed by atoms with Crippen molar-refractivity contribution in [3.05, 3.63) is 58.1 Å². The highest BCUT2D eigenvalue weighted by Gasteiger charge is 2.25. The number of sulfonamides is 1. The topological polar surface area (TPSA) is 59.0 Å². The van der Waals surface area contributed by atoms with Crippen LogP contribution >= 0.6 is 23.2 Å². The SMILES string of the molecule is O=S(=O)(c1ccc(N=Cc2c(Cl)cccc2Cl)cc1)N1CCOCC1. The van der Waals surface area contributed by atoms with Crippen molar-refractivity contribution in [1.29, 1.82) is 0 Å². The highest BCUT2D eigenvalue weighted by atomic mass is 35.5. The molecule has 2 aromatic carbocycles. The number of hydrogen-bond donors (Lipinski definition) is 0. The monoisotopic (exact) mass is 398 g/mol. The molecule has 1 aliphatic rings. The van der Waals surface area contributed by atoms with Crippen LogP contribution in [0.1, 0.15) is 5.56 Å². The minimum absolute atomic E-state index is 0.240. The van der Waals surface area contributed by atoms with Crippen molar-refractivity contribution >= 4 is 45.1 Å². The molecule has 132 valence electrons. The highest BCUT2D eigenvalue weighted by Crippen LogP contribution is 2.24. The van der Waals surface area contributed by atoms with Gasteiger partial charge in [0.1, 0.15) is 0 Å². The fourth-order valence-corrected chi connectivity index (χ4v) is 4.32. The van der Waals surface area contributed by atoms with Gasteiger partial charge in [0.2, 0.25) is 10.0 Å². The summed E-state index contributed by atoms with van der Waals surface area (Å²) in [6.07, 6.45) is 1.57. The van der Waals surface area contributed by atoms with Crippen LogP contribution in [0.4, 0.5) is 5.69 Å². The van der Waals surface area contributed by atoms with Gasteiger partial charge in [0, 0.05) is 24.9 Å². The Morgan fingerprint density at radius 3 is 2.20 bits per heavy atom. The molecule has 1 heterocycles. The van der Waals surface area contributed by atoms with Gasteiger partial charge in [-0.05, 0) is 36.4 Å². The third-order valence-electron chi connectivity index (χ3n) is 3.79. The Kier molecular flexibility index (Phi) is 5.76. The first-order valence-electron chi connectivity index (χ1n) is 7.64. The second-order valence-electron chi connectivity index (χ2n) is 5.40. The molecule has 0 aliphatic carbocycles. The molecule has 0 aromatic heterocycles. The van der Waals surface area contributed by atoms with Crippen LogP contribution in [0, 0.1) is 0 Å². The molecule has 3 rings (SSSR count). The minimum Gasteiger partial charge on any atom is -0.379 e. The Balaban J connectivity index is 1.79. The lowest BCUT2D eigenvalue weighted by atomic mass is 10.2. The highest BCUT2D eigenvalue weighted by molar-refractivity contribution is 7.89. The van der Waals surface area contributed by atoms with Gasteiger partial charge in [-0.3, -0.25) is 4.99 Å². The van der Waals surface area contributed by atoms with E-state index in [1.807, 2.05) is 0 Å². The summed E-state index contributed by atoms with van der Waals surface area (Å²) in [7, 11) is -3.50. The van der Waals surface area contributed by atoms with Crippen LogP contribution in [-0.4, -0.2) is 45.2 Å². The molecule has 0 unspecified atom stereocenters. The third-order valence-corrected chi connectivity index (χ3v) is 6.36. The van der Waals surface area contributed by atoms with Crippen LogP contribution in [0.3, 0.4) is 0 Å². The van der Waals surface area contributed by atoms with E-state index in [9.17, 15) is 8.42 Å². The zero-order chi connectivity index (χ0) is 17.9. The zero-order valence-corrected chi connectivity index (χ0v) is 15.6. The van der Waals surface area contributed by atoms with Crippen LogP contribution in [-0.2, 0) is 14.8 Å². The smallest absolute Gasteiger partial charge is 0.243 e. The molecule has 1 saturated heterocycles. The Hall–Kier alpha value is -1.44. The summed E-state index contributed by atoms with van der Waals surface area (Å²) in [5.74, 6) is 0. The molecule has 0 N–H and O–H groups in total. The van der Waals surface area contributed by atoms with Gasteiger partial charge >= 0.3 is 0 Å². The fraction of sp³-hybridized carbons (Fsp3) is 0.235. The predicted octanol–water partition coefficient (Wildman–Crippen LogP) is 3.76. The van der Waals surface area contributed by atoms with E-state index in [-0.39, 0.29) is 4.90 Å². The molecule has 1 aliphatic heterocycles. The van der Waals surface area contributed by atoms with E-state index >= 15 is 0 Å². The molecule has 25 heavy (non-hydrogen) atoms. The van der Waals surface area contributed by atoms with Crippen molar-refractivity contribution < 1.29 is 13.2 Å². The van der Waals surface area contributed by atoms with Crippen LogP contribution in [0.2, 0.25) is 10.0 Å². The summed E-state index contributed by atoms with van der Waals surface area (Å²) in [6.45, 7) is 1.57. The number of morpholine rings is 1. The number of benzene rings is 2. The van der Waals surface area contributed by atoms with Gasteiger partial charge in [0.15, 0.2) is 0 Å². The normalized spacial score (nSPS) is 16.4. The first-order chi connectivity index (χ1) is 12.0. The molecular formula is C17H16Cl2N2O3S. The van der Waals surface area contributed by atoms with Gasteiger partial charge < -0.3 is 4.74 Å². The molecule has 8 heteroatoms. The van der Waals surface area contributed by atoms with Crippen molar-refractivity contribution in [2.45, 2.75) is 4.90 Å². The number of ether oxygens (including phenoxy) is 1. The molecule has 0 amide bonds. The lowest BCUT2D eigenvalue weighted by molar-refractivity contribution is 0.0730. The van der Waals surface area contributed by atoms with Gasteiger partial charge in [-0.2, -0.15) is 4.31 Å². The Labute approximate surface area is 156 Å². The maximum atomic E-state index is 12.6. The minimum atomic E-state index is -3.50. The molecule has 0 atom stereocenters. The van der Waals surface area contributed by atoms with Gasteiger partial charge in [0.25, 0.3) is 0 Å². The standard InChI is InChI=1S/C17H16Cl2N2O3S/c18-16-2-1-3-17(19)15(16)12-20-13-4-6-14(7-5-13)25(22,23)21-8-10-24-11-9-21/h1-7,12H,8-11H2. The van der Waals surface area contributed by atoms with Crippen molar-refractivity contribution in [3.8, 4) is 0 Å². The maximum Gasteiger partial charge on any atom is 0.243 e. The van der Waals surface area contributed by atoms with E-state index in [2.05, 4.69) is 4.99 Å². The van der Waals surface area contributed by atoms with E-state index in [1.165, 1.54) is 4.31 Å². The molecule has 0 spiro atoms. The lowest BCUT2D eigenvalue weighted by Gasteiger charge is -2.26. The van der Waals surface area contributed by atoms with E-state index < -0.39 is 10.0 Å². The van der Waals surface area contributed by atoms with Gasteiger partial charge in [-0.1, -0.05) is 29.3 Å². The van der Waals surface area contributed by atoms with Crippen molar-refractivity contribution in [2.75, 3.05) is 26.3 Å². The second kappa shape index (κ2) is 7.85.